The van der Waals surface area contributed by atoms with Gasteiger partial charge in [0, 0.05) is 48.1 Å². The third kappa shape index (κ3) is 4.65. The van der Waals surface area contributed by atoms with E-state index in [0.29, 0.717) is 6.54 Å². The molecule has 6 heteroatoms. The number of nitro benzene ring substituents is 1. The SMILES string of the molecule is CCCCNC(=O)C[C@@H](c1cccc([N+](=O)[O-])c1)c1c[nH]c2c(CC)cccc12. The molecule has 29 heavy (non-hydrogen) atoms. The van der Waals surface area contributed by atoms with E-state index in [9.17, 15) is 14.9 Å². The van der Waals surface area contributed by atoms with Crippen LogP contribution in [0.3, 0.4) is 0 Å². The van der Waals surface area contributed by atoms with Crippen molar-refractivity contribution in [3.8, 4) is 0 Å². The number of aromatic amines is 1. The summed E-state index contributed by atoms with van der Waals surface area (Å²) in [4.78, 5) is 26.9. The molecule has 0 aliphatic rings. The molecule has 0 aliphatic heterocycles. The van der Waals surface area contributed by atoms with Gasteiger partial charge in [0.25, 0.3) is 5.69 Å². The normalized spacial score (nSPS) is 12.1. The van der Waals surface area contributed by atoms with Gasteiger partial charge in [0.05, 0.1) is 4.92 Å². The van der Waals surface area contributed by atoms with E-state index in [2.05, 4.69) is 30.2 Å². The number of aromatic nitrogens is 1. The monoisotopic (exact) mass is 393 g/mol. The highest BCUT2D eigenvalue weighted by Gasteiger charge is 2.23. The topological polar surface area (TPSA) is 88.0 Å². The van der Waals surface area contributed by atoms with Crippen LogP contribution in [0.15, 0.2) is 48.7 Å². The highest BCUT2D eigenvalue weighted by atomic mass is 16.6. The molecule has 3 rings (SSSR count). The molecular formula is C23H27N3O3. The number of para-hydroxylation sites is 1. The number of nitrogens with zero attached hydrogens (tertiary/aromatic N) is 1. The van der Waals surface area contributed by atoms with Gasteiger partial charge in [-0.3, -0.25) is 14.9 Å². The summed E-state index contributed by atoms with van der Waals surface area (Å²) in [5.41, 5.74) is 4.06. The van der Waals surface area contributed by atoms with Crippen LogP contribution in [0.4, 0.5) is 5.69 Å². The first kappa shape index (κ1) is 20.6. The number of hydrogen-bond acceptors (Lipinski definition) is 3. The van der Waals surface area contributed by atoms with Crippen molar-refractivity contribution in [2.75, 3.05) is 6.54 Å². The Balaban J connectivity index is 2.03. The molecule has 2 N–H and O–H groups in total. The van der Waals surface area contributed by atoms with Gasteiger partial charge in [-0.15, -0.1) is 0 Å². The van der Waals surface area contributed by atoms with Crippen molar-refractivity contribution in [1.82, 2.24) is 10.3 Å². The number of unbranched alkanes of at least 4 members (excludes halogenated alkanes) is 1. The van der Waals surface area contributed by atoms with E-state index in [1.165, 1.54) is 11.6 Å². The quantitative estimate of drug-likeness (QED) is 0.302. The number of nitro groups is 1. The number of nitrogens with one attached hydrogen (secondary N) is 2. The lowest BCUT2D eigenvalue weighted by Crippen LogP contribution is -2.26. The zero-order valence-corrected chi connectivity index (χ0v) is 16.9. The fourth-order valence-corrected chi connectivity index (χ4v) is 3.75. The van der Waals surface area contributed by atoms with E-state index < -0.39 is 4.92 Å². The lowest BCUT2D eigenvalue weighted by molar-refractivity contribution is -0.384. The lowest BCUT2D eigenvalue weighted by Gasteiger charge is -2.17. The van der Waals surface area contributed by atoms with E-state index in [1.54, 1.807) is 12.1 Å². The molecule has 0 spiro atoms. The Kier molecular flexibility index (Phi) is 6.65. The molecule has 1 atom stereocenters. The number of rotatable bonds is 9. The first-order chi connectivity index (χ1) is 14.0. The van der Waals surface area contributed by atoms with Crippen LogP contribution in [0.1, 0.15) is 55.7 Å². The predicted octanol–water partition coefficient (Wildman–Crippen LogP) is 5.08. The summed E-state index contributed by atoms with van der Waals surface area (Å²) in [7, 11) is 0. The number of aryl methyl sites for hydroxylation is 1. The number of amides is 1. The van der Waals surface area contributed by atoms with Gasteiger partial charge in [0.1, 0.15) is 0 Å². The van der Waals surface area contributed by atoms with Gasteiger partial charge in [-0.25, -0.2) is 0 Å². The van der Waals surface area contributed by atoms with E-state index in [-0.39, 0.29) is 23.9 Å². The fraction of sp³-hybridized carbons (Fsp3) is 0.348. The third-order valence-corrected chi connectivity index (χ3v) is 5.32. The van der Waals surface area contributed by atoms with Gasteiger partial charge in [0.15, 0.2) is 0 Å². The van der Waals surface area contributed by atoms with E-state index in [1.807, 2.05) is 24.4 Å². The van der Waals surface area contributed by atoms with E-state index >= 15 is 0 Å². The van der Waals surface area contributed by atoms with Crippen LogP contribution >= 0.6 is 0 Å². The Bertz CT molecular complexity index is 1010. The van der Waals surface area contributed by atoms with E-state index in [4.69, 9.17) is 0 Å². The summed E-state index contributed by atoms with van der Waals surface area (Å²) in [6.07, 6.45) is 5.02. The molecule has 152 valence electrons. The number of non-ortho nitro benzene ring substituents is 1. The summed E-state index contributed by atoms with van der Waals surface area (Å²) in [6.45, 7) is 4.83. The smallest absolute Gasteiger partial charge is 0.269 e. The van der Waals surface area contributed by atoms with Crippen molar-refractivity contribution in [3.63, 3.8) is 0 Å². The molecule has 1 heterocycles. The Labute approximate surface area is 170 Å². The van der Waals surface area contributed by atoms with Crippen molar-refractivity contribution >= 4 is 22.5 Å². The number of fused-ring (bicyclic) bond motifs is 1. The van der Waals surface area contributed by atoms with Crippen molar-refractivity contribution in [3.05, 3.63) is 75.5 Å². The Morgan fingerprint density at radius 2 is 2.00 bits per heavy atom. The Morgan fingerprint density at radius 1 is 1.21 bits per heavy atom. The molecule has 0 saturated carbocycles. The van der Waals surface area contributed by atoms with E-state index in [0.717, 1.165) is 41.3 Å². The molecule has 1 aromatic heterocycles. The number of H-pyrrole nitrogens is 1. The maximum atomic E-state index is 12.6. The zero-order valence-electron chi connectivity index (χ0n) is 16.9. The summed E-state index contributed by atoms with van der Waals surface area (Å²) >= 11 is 0. The Hall–Kier alpha value is -3.15. The molecule has 3 aromatic rings. The fourth-order valence-electron chi connectivity index (χ4n) is 3.75. The number of carbonyl (C=O) groups is 1. The second-order valence-corrected chi connectivity index (χ2v) is 7.25. The standard InChI is InChI=1S/C23H27N3O3/c1-3-5-12-24-22(27)14-20(17-9-6-10-18(13-17)26(28)29)21-15-25-23-16(4-2)8-7-11-19(21)23/h6-11,13,15,20,25H,3-5,12,14H2,1-2H3,(H,24,27)/t20-/m0/s1. The Morgan fingerprint density at radius 3 is 2.72 bits per heavy atom. The molecule has 0 fully saturated rings. The maximum absolute atomic E-state index is 12.6. The van der Waals surface area contributed by atoms with Crippen LogP contribution in [0.2, 0.25) is 0 Å². The average molecular weight is 393 g/mol. The van der Waals surface area contributed by atoms with Gasteiger partial charge in [-0.2, -0.15) is 0 Å². The molecule has 1 amide bonds. The minimum atomic E-state index is -0.397. The number of benzene rings is 2. The zero-order chi connectivity index (χ0) is 20.8. The minimum Gasteiger partial charge on any atom is -0.361 e. The van der Waals surface area contributed by atoms with Gasteiger partial charge in [-0.1, -0.05) is 50.6 Å². The molecule has 2 aromatic carbocycles. The van der Waals surface area contributed by atoms with Gasteiger partial charge < -0.3 is 10.3 Å². The molecule has 0 radical (unpaired) electrons. The third-order valence-electron chi connectivity index (χ3n) is 5.32. The van der Waals surface area contributed by atoms with Gasteiger partial charge >= 0.3 is 0 Å². The predicted molar refractivity (Wildman–Crippen MR) is 115 cm³/mol. The minimum absolute atomic E-state index is 0.0352. The van der Waals surface area contributed by atoms with Crippen molar-refractivity contribution in [1.29, 1.82) is 0 Å². The number of carbonyl (C=O) groups excluding carboxylic acids is 1. The summed E-state index contributed by atoms with van der Waals surface area (Å²) < 4.78 is 0. The van der Waals surface area contributed by atoms with Gasteiger partial charge in [0.2, 0.25) is 5.91 Å². The van der Waals surface area contributed by atoms with Crippen LogP contribution < -0.4 is 5.32 Å². The number of hydrogen-bond donors (Lipinski definition) is 2. The largest absolute Gasteiger partial charge is 0.361 e. The molecule has 0 aliphatic carbocycles. The van der Waals surface area contributed by atoms with Crippen molar-refractivity contribution in [2.24, 2.45) is 0 Å². The van der Waals surface area contributed by atoms with Crippen LogP contribution in [0.5, 0.6) is 0 Å². The molecular weight excluding hydrogens is 366 g/mol. The molecule has 6 nitrogen and oxygen atoms in total. The van der Waals surface area contributed by atoms with Crippen LogP contribution in [-0.2, 0) is 11.2 Å². The first-order valence-electron chi connectivity index (χ1n) is 10.1. The van der Waals surface area contributed by atoms with Crippen LogP contribution in [0, 0.1) is 10.1 Å². The summed E-state index contributed by atoms with van der Waals surface area (Å²) in [6, 6.07) is 12.7. The van der Waals surface area contributed by atoms with Crippen molar-refractivity contribution < 1.29 is 9.72 Å². The lowest BCUT2D eigenvalue weighted by atomic mass is 9.87. The van der Waals surface area contributed by atoms with Crippen LogP contribution in [-0.4, -0.2) is 22.4 Å². The highest BCUT2D eigenvalue weighted by molar-refractivity contribution is 5.88. The van der Waals surface area contributed by atoms with Crippen LogP contribution in [0.25, 0.3) is 10.9 Å². The van der Waals surface area contributed by atoms with Gasteiger partial charge in [-0.05, 0) is 29.5 Å². The molecule has 0 bridgehead atoms. The first-order valence-corrected chi connectivity index (χ1v) is 10.1. The molecule has 0 saturated heterocycles. The average Bonchev–Trinajstić information content (AvgIpc) is 3.16. The maximum Gasteiger partial charge on any atom is 0.269 e. The second-order valence-electron chi connectivity index (χ2n) is 7.25. The summed E-state index contributed by atoms with van der Waals surface area (Å²) in [5.74, 6) is -0.312. The highest BCUT2D eigenvalue weighted by Crippen LogP contribution is 2.35. The summed E-state index contributed by atoms with van der Waals surface area (Å²) in [5, 5.41) is 15.3. The van der Waals surface area contributed by atoms with Crippen molar-refractivity contribution in [2.45, 2.75) is 45.4 Å². The molecule has 0 unspecified atom stereocenters. The second kappa shape index (κ2) is 9.37.